The van der Waals surface area contributed by atoms with Gasteiger partial charge in [-0.25, -0.2) is 9.97 Å². The first kappa shape index (κ1) is 18.8. The number of amides is 1. The lowest BCUT2D eigenvalue weighted by Gasteiger charge is -2.36. The Morgan fingerprint density at radius 2 is 1.88 bits per heavy atom. The van der Waals surface area contributed by atoms with Crippen LogP contribution in [-0.2, 0) is 11.3 Å². The molecule has 1 aliphatic rings. The molecule has 0 aliphatic carbocycles. The number of piperidine rings is 1. The fourth-order valence-corrected chi connectivity index (χ4v) is 3.38. The van der Waals surface area contributed by atoms with Crippen LogP contribution in [0.15, 0.2) is 47.2 Å². The third-order valence-electron chi connectivity index (χ3n) is 4.73. The molecule has 0 spiro atoms. The highest BCUT2D eigenvalue weighted by atomic mass is 79.9. The zero-order valence-electron chi connectivity index (χ0n) is 14.9. The summed E-state index contributed by atoms with van der Waals surface area (Å²) in [5.74, 6) is 0.823. The maximum Gasteiger partial charge on any atom is 0.234 e. The number of nitrogens with zero attached hydrogens (tertiary/aromatic N) is 4. The number of anilines is 1. The fraction of sp³-hybridized carbons (Fsp3) is 0.421. The fourth-order valence-electron chi connectivity index (χ4n) is 3.17. The normalized spacial score (nSPS) is 15.6. The molecule has 3 rings (SSSR count). The van der Waals surface area contributed by atoms with Crippen LogP contribution in [-0.4, -0.2) is 53.5 Å². The lowest BCUT2D eigenvalue weighted by Crippen LogP contribution is -2.46. The Balaban J connectivity index is 1.41. The number of aromatic nitrogens is 2. The summed E-state index contributed by atoms with van der Waals surface area (Å²) in [6, 6.07) is 10.4. The van der Waals surface area contributed by atoms with E-state index in [1.807, 2.05) is 37.4 Å². The number of benzene rings is 1. The van der Waals surface area contributed by atoms with Gasteiger partial charge in [0.05, 0.1) is 11.0 Å². The zero-order valence-corrected chi connectivity index (χ0v) is 16.5. The van der Waals surface area contributed by atoms with Gasteiger partial charge in [-0.2, -0.15) is 0 Å². The average molecular weight is 418 g/mol. The van der Waals surface area contributed by atoms with E-state index in [1.165, 1.54) is 0 Å². The highest BCUT2D eigenvalue weighted by molar-refractivity contribution is 9.10. The average Bonchev–Trinajstić information content (AvgIpc) is 2.68. The number of nitrogens with one attached hydrogen (secondary N) is 1. The minimum Gasteiger partial charge on any atom is -0.351 e. The molecule has 7 heteroatoms. The monoisotopic (exact) mass is 417 g/mol. The molecule has 1 aromatic carbocycles. The SMILES string of the molecule is CN(c1ncc(Br)cn1)C1CCN(CC(=O)NCc2ccccc2)CC1. The second kappa shape index (κ2) is 9.09. The molecule has 2 heterocycles. The number of carbonyl (C=O) groups excluding carboxylic acids is 1. The highest BCUT2D eigenvalue weighted by Gasteiger charge is 2.24. The van der Waals surface area contributed by atoms with Gasteiger partial charge in [0.2, 0.25) is 11.9 Å². The molecular formula is C19H24BrN5O. The number of halogens is 1. The topological polar surface area (TPSA) is 61.4 Å². The first-order valence-corrected chi connectivity index (χ1v) is 9.64. The van der Waals surface area contributed by atoms with Crippen molar-refractivity contribution in [2.24, 2.45) is 0 Å². The molecule has 1 amide bonds. The van der Waals surface area contributed by atoms with Gasteiger partial charge < -0.3 is 10.2 Å². The zero-order chi connectivity index (χ0) is 18.4. The molecule has 1 N–H and O–H groups in total. The second-order valence-electron chi connectivity index (χ2n) is 6.58. The van der Waals surface area contributed by atoms with Crippen LogP contribution < -0.4 is 10.2 Å². The maximum absolute atomic E-state index is 12.2. The lowest BCUT2D eigenvalue weighted by molar-refractivity contribution is -0.122. The molecule has 1 aromatic heterocycles. The summed E-state index contributed by atoms with van der Waals surface area (Å²) in [4.78, 5) is 25.2. The molecular weight excluding hydrogens is 394 g/mol. The summed E-state index contributed by atoms with van der Waals surface area (Å²) in [5.41, 5.74) is 1.12. The summed E-state index contributed by atoms with van der Waals surface area (Å²) in [7, 11) is 2.04. The largest absolute Gasteiger partial charge is 0.351 e. The van der Waals surface area contributed by atoms with Crippen LogP contribution in [0.25, 0.3) is 0 Å². The molecule has 0 bridgehead atoms. The second-order valence-corrected chi connectivity index (χ2v) is 7.50. The van der Waals surface area contributed by atoms with Crippen molar-refractivity contribution >= 4 is 27.8 Å². The molecule has 0 radical (unpaired) electrons. The van der Waals surface area contributed by atoms with Gasteiger partial charge in [0.1, 0.15) is 0 Å². The standard InChI is InChI=1S/C19H24BrN5O/c1-24(19-22-12-16(20)13-23-19)17-7-9-25(10-8-17)14-18(26)21-11-15-5-3-2-4-6-15/h2-6,12-13,17H,7-11,14H2,1H3,(H,21,26). The smallest absolute Gasteiger partial charge is 0.234 e. The Morgan fingerprint density at radius 1 is 1.23 bits per heavy atom. The van der Waals surface area contributed by atoms with Crippen molar-refractivity contribution in [2.45, 2.75) is 25.4 Å². The molecule has 0 saturated carbocycles. The predicted octanol–water partition coefficient (Wildman–Crippen LogP) is 2.46. The number of carbonyl (C=O) groups is 1. The van der Waals surface area contributed by atoms with Crippen molar-refractivity contribution in [3.63, 3.8) is 0 Å². The Bertz CT molecular complexity index is 702. The van der Waals surface area contributed by atoms with Gasteiger partial charge in [-0.05, 0) is 34.3 Å². The molecule has 1 aliphatic heterocycles. The molecule has 26 heavy (non-hydrogen) atoms. The van der Waals surface area contributed by atoms with Crippen molar-refractivity contribution in [1.29, 1.82) is 0 Å². The maximum atomic E-state index is 12.2. The Hall–Kier alpha value is -1.99. The number of hydrogen-bond donors (Lipinski definition) is 1. The number of hydrogen-bond acceptors (Lipinski definition) is 5. The quantitative estimate of drug-likeness (QED) is 0.781. The van der Waals surface area contributed by atoms with E-state index in [4.69, 9.17) is 0 Å². The first-order valence-electron chi connectivity index (χ1n) is 8.85. The number of rotatable bonds is 6. The van der Waals surface area contributed by atoms with Crippen LogP contribution in [0, 0.1) is 0 Å². The van der Waals surface area contributed by atoms with E-state index >= 15 is 0 Å². The third kappa shape index (κ3) is 5.25. The van der Waals surface area contributed by atoms with E-state index in [1.54, 1.807) is 12.4 Å². The van der Waals surface area contributed by atoms with E-state index < -0.39 is 0 Å². The van der Waals surface area contributed by atoms with Gasteiger partial charge in [-0.3, -0.25) is 9.69 Å². The van der Waals surface area contributed by atoms with Crippen molar-refractivity contribution in [2.75, 3.05) is 31.6 Å². The minimum absolute atomic E-state index is 0.0805. The van der Waals surface area contributed by atoms with Gasteiger partial charge in [0.25, 0.3) is 0 Å². The summed E-state index contributed by atoms with van der Waals surface area (Å²) in [6.45, 7) is 2.85. The van der Waals surface area contributed by atoms with Gasteiger partial charge in [0, 0.05) is 45.1 Å². The molecule has 0 atom stereocenters. The summed E-state index contributed by atoms with van der Waals surface area (Å²) < 4.78 is 0.881. The highest BCUT2D eigenvalue weighted by Crippen LogP contribution is 2.19. The molecule has 1 fully saturated rings. The van der Waals surface area contributed by atoms with Crippen LogP contribution in [0.3, 0.4) is 0 Å². The predicted molar refractivity (Wildman–Crippen MR) is 106 cm³/mol. The van der Waals surface area contributed by atoms with Crippen LogP contribution in [0.2, 0.25) is 0 Å². The first-order chi connectivity index (χ1) is 12.6. The van der Waals surface area contributed by atoms with Crippen LogP contribution in [0.5, 0.6) is 0 Å². The van der Waals surface area contributed by atoms with Crippen molar-refractivity contribution in [1.82, 2.24) is 20.2 Å². The van der Waals surface area contributed by atoms with Crippen molar-refractivity contribution < 1.29 is 4.79 Å². The van der Waals surface area contributed by atoms with E-state index in [2.05, 4.69) is 41.0 Å². The van der Waals surface area contributed by atoms with Crippen molar-refractivity contribution in [3.05, 3.63) is 52.8 Å². The molecule has 0 unspecified atom stereocenters. The molecule has 2 aromatic rings. The summed E-state index contributed by atoms with van der Waals surface area (Å²) >= 11 is 3.36. The molecule has 138 valence electrons. The van der Waals surface area contributed by atoms with E-state index in [0.717, 1.165) is 41.9 Å². The van der Waals surface area contributed by atoms with Gasteiger partial charge in [-0.1, -0.05) is 30.3 Å². The summed E-state index contributed by atoms with van der Waals surface area (Å²) in [6.07, 6.45) is 5.54. The Morgan fingerprint density at radius 3 is 2.54 bits per heavy atom. The Kier molecular flexibility index (Phi) is 6.57. The van der Waals surface area contributed by atoms with Crippen LogP contribution in [0.1, 0.15) is 18.4 Å². The minimum atomic E-state index is 0.0805. The summed E-state index contributed by atoms with van der Waals surface area (Å²) in [5, 5.41) is 3.00. The van der Waals surface area contributed by atoms with E-state index in [9.17, 15) is 4.79 Å². The van der Waals surface area contributed by atoms with E-state index in [0.29, 0.717) is 19.1 Å². The van der Waals surface area contributed by atoms with Crippen molar-refractivity contribution in [3.8, 4) is 0 Å². The van der Waals surface area contributed by atoms with Gasteiger partial charge >= 0.3 is 0 Å². The third-order valence-corrected chi connectivity index (χ3v) is 5.14. The van der Waals surface area contributed by atoms with Gasteiger partial charge in [-0.15, -0.1) is 0 Å². The molecule has 6 nitrogen and oxygen atoms in total. The lowest BCUT2D eigenvalue weighted by atomic mass is 10.0. The molecule has 1 saturated heterocycles. The van der Waals surface area contributed by atoms with Crippen LogP contribution >= 0.6 is 15.9 Å². The Labute approximate surface area is 162 Å². The number of likely N-dealkylation sites (tertiary alicyclic amines) is 1. The van der Waals surface area contributed by atoms with E-state index in [-0.39, 0.29) is 5.91 Å². The van der Waals surface area contributed by atoms with Gasteiger partial charge in [0.15, 0.2) is 0 Å². The van der Waals surface area contributed by atoms with Crippen LogP contribution in [0.4, 0.5) is 5.95 Å².